The molecule has 2 N–H and O–H groups in total. The van der Waals surface area contributed by atoms with Gasteiger partial charge in [-0.25, -0.2) is 9.97 Å². The third-order valence-corrected chi connectivity index (χ3v) is 5.48. The lowest BCUT2D eigenvalue weighted by Crippen LogP contribution is -2.06. The molecule has 0 spiro atoms. The number of nitrogens with zero attached hydrogens (tertiary/aromatic N) is 3. The van der Waals surface area contributed by atoms with Crippen LogP contribution in [0.2, 0.25) is 5.02 Å². The van der Waals surface area contributed by atoms with E-state index in [0.717, 1.165) is 40.0 Å². The second-order valence-corrected chi connectivity index (χ2v) is 7.87. The summed E-state index contributed by atoms with van der Waals surface area (Å²) in [5.74, 6) is 1.47. The van der Waals surface area contributed by atoms with Gasteiger partial charge < -0.3 is 19.7 Å². The average Bonchev–Trinajstić information content (AvgIpc) is 3.35. The Hall–Kier alpha value is -4.03. The van der Waals surface area contributed by atoms with Crippen molar-refractivity contribution in [1.82, 2.24) is 14.5 Å². The van der Waals surface area contributed by atoms with Crippen molar-refractivity contribution in [3.8, 4) is 22.6 Å². The lowest BCUT2D eigenvalue weighted by molar-refractivity contribution is 0.298. The van der Waals surface area contributed by atoms with Crippen molar-refractivity contribution in [3.63, 3.8) is 0 Å². The van der Waals surface area contributed by atoms with E-state index in [0.29, 0.717) is 17.6 Å². The molecule has 6 nitrogen and oxygen atoms in total. The van der Waals surface area contributed by atoms with Crippen molar-refractivity contribution in [3.05, 3.63) is 96.4 Å². The smallest absolute Gasteiger partial charge is 0.227 e. The fraction of sp³-hybridized carbons (Fsp3) is 0.0769. The summed E-state index contributed by atoms with van der Waals surface area (Å²) in [6, 6.07) is 22.2. The SMILES string of the molecule is Oc1ccc(Cl)c(-c2ccc3nc(Nc4ccc(OCCn5[c]ccc5)cc4)ncc3c2)c1. The molecule has 0 atom stereocenters. The number of rotatable bonds is 7. The molecule has 5 aromatic rings. The number of aromatic hydroxyl groups is 1. The average molecular weight is 456 g/mol. The van der Waals surface area contributed by atoms with E-state index in [1.807, 2.05) is 65.4 Å². The fourth-order valence-corrected chi connectivity index (χ4v) is 3.72. The molecule has 0 aliphatic carbocycles. The monoisotopic (exact) mass is 455 g/mol. The van der Waals surface area contributed by atoms with Gasteiger partial charge in [-0.1, -0.05) is 17.7 Å². The molecule has 7 heteroatoms. The number of benzene rings is 3. The van der Waals surface area contributed by atoms with Crippen molar-refractivity contribution in [2.75, 3.05) is 11.9 Å². The third-order valence-electron chi connectivity index (χ3n) is 5.15. The van der Waals surface area contributed by atoms with Gasteiger partial charge in [-0.3, -0.25) is 0 Å². The zero-order valence-electron chi connectivity index (χ0n) is 17.6. The molecule has 3 aromatic carbocycles. The number of aromatic nitrogens is 3. The van der Waals surface area contributed by atoms with E-state index < -0.39 is 0 Å². The Balaban J connectivity index is 1.26. The van der Waals surface area contributed by atoms with Crippen molar-refractivity contribution in [1.29, 1.82) is 0 Å². The lowest BCUT2D eigenvalue weighted by Gasteiger charge is -2.10. The van der Waals surface area contributed by atoms with Gasteiger partial charge in [0.05, 0.1) is 18.3 Å². The van der Waals surface area contributed by atoms with E-state index in [1.165, 1.54) is 0 Å². The van der Waals surface area contributed by atoms with Gasteiger partial charge in [0.15, 0.2) is 0 Å². The minimum Gasteiger partial charge on any atom is -0.508 e. The minimum absolute atomic E-state index is 0.168. The molecule has 0 saturated heterocycles. The van der Waals surface area contributed by atoms with Gasteiger partial charge in [0.25, 0.3) is 0 Å². The van der Waals surface area contributed by atoms with Gasteiger partial charge in [-0.2, -0.15) is 0 Å². The number of phenols is 1. The summed E-state index contributed by atoms with van der Waals surface area (Å²) in [6.07, 6.45) is 6.81. The summed E-state index contributed by atoms with van der Waals surface area (Å²) in [6.45, 7) is 1.32. The molecule has 0 aliphatic rings. The van der Waals surface area contributed by atoms with Crippen molar-refractivity contribution in [2.45, 2.75) is 6.54 Å². The van der Waals surface area contributed by atoms with Crippen LogP contribution in [0.4, 0.5) is 11.6 Å². The quantitative estimate of drug-likeness (QED) is 0.311. The van der Waals surface area contributed by atoms with Gasteiger partial charge >= 0.3 is 0 Å². The molecule has 0 saturated carbocycles. The van der Waals surface area contributed by atoms with E-state index in [4.69, 9.17) is 16.3 Å². The zero-order chi connectivity index (χ0) is 22.6. The lowest BCUT2D eigenvalue weighted by atomic mass is 10.0. The highest BCUT2D eigenvalue weighted by molar-refractivity contribution is 6.33. The summed E-state index contributed by atoms with van der Waals surface area (Å²) in [5.41, 5.74) is 3.31. The molecule has 2 heterocycles. The standard InChI is InChI=1S/C26H20ClN4O2/c27-24-9-6-21(32)16-23(24)18-3-10-25-19(15-18)17-28-26(30-25)29-20-4-7-22(8-5-20)33-14-13-31-11-1-2-12-31/h1-11,15-17,32H,13-14H2,(H,28,29,30). The predicted molar refractivity (Wildman–Crippen MR) is 130 cm³/mol. The summed E-state index contributed by atoms with van der Waals surface area (Å²) in [4.78, 5) is 9.04. The highest BCUT2D eigenvalue weighted by Gasteiger charge is 2.08. The molecule has 33 heavy (non-hydrogen) atoms. The Morgan fingerprint density at radius 1 is 1.06 bits per heavy atom. The van der Waals surface area contributed by atoms with Crippen LogP contribution in [-0.4, -0.2) is 26.2 Å². The van der Waals surface area contributed by atoms with Gasteiger partial charge in [-0.15, -0.1) is 0 Å². The first-order chi connectivity index (χ1) is 16.1. The Bertz CT molecular complexity index is 1390. The molecule has 5 rings (SSSR count). The number of hydrogen-bond acceptors (Lipinski definition) is 5. The summed E-state index contributed by atoms with van der Waals surface area (Å²) in [7, 11) is 0. The summed E-state index contributed by atoms with van der Waals surface area (Å²) in [5, 5.41) is 14.5. The van der Waals surface area contributed by atoms with Crippen LogP contribution in [-0.2, 0) is 6.54 Å². The van der Waals surface area contributed by atoms with Gasteiger partial charge in [0.2, 0.25) is 5.95 Å². The first-order valence-electron chi connectivity index (χ1n) is 10.4. The van der Waals surface area contributed by atoms with E-state index >= 15 is 0 Å². The Morgan fingerprint density at radius 2 is 1.94 bits per heavy atom. The zero-order valence-corrected chi connectivity index (χ0v) is 18.3. The molecule has 0 unspecified atom stereocenters. The van der Waals surface area contributed by atoms with Crippen LogP contribution in [0.3, 0.4) is 0 Å². The fourth-order valence-electron chi connectivity index (χ4n) is 3.49. The molecule has 163 valence electrons. The summed E-state index contributed by atoms with van der Waals surface area (Å²) < 4.78 is 7.73. The number of ether oxygens (including phenoxy) is 1. The second-order valence-electron chi connectivity index (χ2n) is 7.46. The van der Waals surface area contributed by atoms with Crippen molar-refractivity contribution in [2.24, 2.45) is 0 Å². The van der Waals surface area contributed by atoms with Crippen LogP contribution in [0, 0.1) is 6.20 Å². The molecular formula is C26H20ClN4O2. The summed E-state index contributed by atoms with van der Waals surface area (Å²) >= 11 is 6.30. The van der Waals surface area contributed by atoms with Crippen molar-refractivity contribution < 1.29 is 9.84 Å². The predicted octanol–water partition coefficient (Wildman–Crippen LogP) is 6.08. The molecule has 0 amide bonds. The number of halogens is 1. The van der Waals surface area contributed by atoms with Crippen LogP contribution < -0.4 is 10.1 Å². The largest absolute Gasteiger partial charge is 0.508 e. The van der Waals surface area contributed by atoms with E-state index in [9.17, 15) is 5.11 Å². The first-order valence-corrected chi connectivity index (χ1v) is 10.8. The highest BCUT2D eigenvalue weighted by atomic mass is 35.5. The molecule has 0 aliphatic heterocycles. The molecule has 0 fully saturated rings. The Labute approximate surface area is 196 Å². The maximum absolute atomic E-state index is 9.79. The Kier molecular flexibility index (Phi) is 5.83. The minimum atomic E-state index is 0.168. The van der Waals surface area contributed by atoms with E-state index in [1.54, 1.807) is 24.4 Å². The van der Waals surface area contributed by atoms with Gasteiger partial charge in [0, 0.05) is 34.1 Å². The number of hydrogen-bond donors (Lipinski definition) is 2. The van der Waals surface area contributed by atoms with Gasteiger partial charge in [-0.05, 0) is 72.3 Å². The number of fused-ring (bicyclic) bond motifs is 1. The van der Waals surface area contributed by atoms with Crippen LogP contribution in [0.15, 0.2) is 85.2 Å². The van der Waals surface area contributed by atoms with Crippen molar-refractivity contribution >= 4 is 34.1 Å². The van der Waals surface area contributed by atoms with E-state index in [2.05, 4.69) is 21.5 Å². The molecule has 1 radical (unpaired) electrons. The van der Waals surface area contributed by atoms with E-state index in [-0.39, 0.29) is 5.75 Å². The maximum Gasteiger partial charge on any atom is 0.227 e. The van der Waals surface area contributed by atoms with Crippen LogP contribution in [0.25, 0.3) is 22.0 Å². The van der Waals surface area contributed by atoms with Crippen LogP contribution in [0.1, 0.15) is 0 Å². The molecule has 2 aromatic heterocycles. The Morgan fingerprint density at radius 3 is 2.76 bits per heavy atom. The molecule has 0 bridgehead atoms. The number of nitrogens with one attached hydrogen (secondary N) is 1. The third kappa shape index (κ3) is 4.91. The normalized spacial score (nSPS) is 10.9. The van der Waals surface area contributed by atoms with Crippen LogP contribution in [0.5, 0.6) is 11.5 Å². The number of phenolic OH excluding ortho intramolecular Hbond substituents is 1. The van der Waals surface area contributed by atoms with Gasteiger partial charge in [0.1, 0.15) is 18.1 Å². The maximum atomic E-state index is 9.79. The van der Waals surface area contributed by atoms with Crippen LogP contribution >= 0.6 is 11.6 Å². The first kappa shape index (κ1) is 20.8. The second kappa shape index (κ2) is 9.22. The molecular weight excluding hydrogens is 436 g/mol. The highest BCUT2D eigenvalue weighted by Crippen LogP contribution is 2.32. The topological polar surface area (TPSA) is 72.2 Å². The number of anilines is 2.